The lowest BCUT2D eigenvalue weighted by Crippen LogP contribution is -1.89. The third-order valence-corrected chi connectivity index (χ3v) is 2.07. The number of aromatic amines is 1. The minimum atomic E-state index is 0.504. The van der Waals surface area contributed by atoms with E-state index < -0.39 is 0 Å². The first kappa shape index (κ1) is 9.08. The van der Waals surface area contributed by atoms with E-state index in [1.807, 2.05) is 26.2 Å². The van der Waals surface area contributed by atoms with Crippen LogP contribution in [-0.2, 0) is 7.05 Å². The molecule has 0 aliphatic heterocycles. The number of hydrogen-bond donors (Lipinski definition) is 1. The first-order valence-corrected chi connectivity index (χ1v) is 4.63. The molecule has 2 aromatic heterocycles. The van der Waals surface area contributed by atoms with Crippen LogP contribution in [0, 0.1) is 11.7 Å². The predicted octanol–water partition coefficient (Wildman–Crippen LogP) is 1.85. The Morgan fingerprint density at radius 3 is 2.86 bits per heavy atom. The zero-order chi connectivity index (χ0) is 10.1. The molecule has 0 aliphatic carbocycles. The maximum absolute atomic E-state index is 5.00. The van der Waals surface area contributed by atoms with Gasteiger partial charge in [-0.05, 0) is 25.2 Å². The Labute approximate surface area is 86.6 Å². The van der Waals surface area contributed by atoms with Gasteiger partial charge in [-0.3, -0.25) is 4.68 Å². The Hall–Kier alpha value is -1.49. The Bertz CT molecular complexity index is 512. The van der Waals surface area contributed by atoms with E-state index in [4.69, 9.17) is 12.2 Å². The molecule has 0 saturated heterocycles. The number of hydrogen-bond acceptors (Lipinski definition) is 3. The maximum Gasteiger partial charge on any atom is 0.197 e. The molecule has 0 unspecified atom stereocenters. The number of aryl methyl sites for hydroxylation is 2. The normalized spacial score (nSPS) is 10.4. The van der Waals surface area contributed by atoms with Crippen molar-refractivity contribution >= 4 is 12.2 Å². The largest absolute Gasteiger partial charge is 0.335 e. The molecule has 2 aromatic rings. The SMILES string of the molecule is Cc1cc(-c2cnn(C)c2)nc(=S)[nH]1. The molecule has 2 rings (SSSR count). The van der Waals surface area contributed by atoms with E-state index in [2.05, 4.69) is 15.1 Å². The second kappa shape index (κ2) is 3.34. The average Bonchev–Trinajstić information content (AvgIpc) is 2.50. The van der Waals surface area contributed by atoms with E-state index in [1.165, 1.54) is 0 Å². The Kier molecular flexibility index (Phi) is 2.17. The van der Waals surface area contributed by atoms with E-state index in [-0.39, 0.29) is 0 Å². The molecule has 0 amide bonds. The minimum absolute atomic E-state index is 0.504. The zero-order valence-electron chi connectivity index (χ0n) is 7.98. The van der Waals surface area contributed by atoms with Crippen LogP contribution in [0.15, 0.2) is 18.5 Å². The monoisotopic (exact) mass is 206 g/mol. The summed E-state index contributed by atoms with van der Waals surface area (Å²) < 4.78 is 2.25. The van der Waals surface area contributed by atoms with Crippen molar-refractivity contribution in [2.75, 3.05) is 0 Å². The van der Waals surface area contributed by atoms with Gasteiger partial charge in [-0.1, -0.05) is 0 Å². The third kappa shape index (κ3) is 1.72. The van der Waals surface area contributed by atoms with Gasteiger partial charge < -0.3 is 4.98 Å². The van der Waals surface area contributed by atoms with Crippen LogP contribution in [0.4, 0.5) is 0 Å². The van der Waals surface area contributed by atoms with E-state index in [0.717, 1.165) is 17.0 Å². The number of H-pyrrole nitrogens is 1. The molecular formula is C9H10N4S. The quantitative estimate of drug-likeness (QED) is 0.724. The fourth-order valence-electron chi connectivity index (χ4n) is 1.28. The highest BCUT2D eigenvalue weighted by atomic mass is 32.1. The van der Waals surface area contributed by atoms with Crippen molar-refractivity contribution in [3.8, 4) is 11.3 Å². The summed E-state index contributed by atoms with van der Waals surface area (Å²) in [7, 11) is 1.88. The molecule has 4 nitrogen and oxygen atoms in total. The smallest absolute Gasteiger partial charge is 0.197 e. The fraction of sp³-hybridized carbons (Fsp3) is 0.222. The van der Waals surface area contributed by atoms with Crippen LogP contribution in [-0.4, -0.2) is 19.7 Å². The van der Waals surface area contributed by atoms with Gasteiger partial charge in [0.25, 0.3) is 0 Å². The van der Waals surface area contributed by atoms with E-state index in [0.29, 0.717) is 4.77 Å². The van der Waals surface area contributed by atoms with E-state index >= 15 is 0 Å². The van der Waals surface area contributed by atoms with Gasteiger partial charge in [-0.25, -0.2) is 4.98 Å². The number of nitrogens with one attached hydrogen (secondary N) is 1. The molecule has 0 fully saturated rings. The Balaban J connectivity index is 2.56. The third-order valence-electron chi connectivity index (χ3n) is 1.88. The van der Waals surface area contributed by atoms with Crippen LogP contribution in [0.25, 0.3) is 11.3 Å². The predicted molar refractivity (Wildman–Crippen MR) is 56.4 cm³/mol. The van der Waals surface area contributed by atoms with Gasteiger partial charge in [-0.2, -0.15) is 5.10 Å². The van der Waals surface area contributed by atoms with Crippen LogP contribution in [0.3, 0.4) is 0 Å². The van der Waals surface area contributed by atoms with Gasteiger partial charge in [0, 0.05) is 24.5 Å². The molecule has 0 spiro atoms. The van der Waals surface area contributed by atoms with Gasteiger partial charge >= 0.3 is 0 Å². The summed E-state index contributed by atoms with van der Waals surface area (Å²) in [4.78, 5) is 7.19. The lowest BCUT2D eigenvalue weighted by Gasteiger charge is -1.97. The molecule has 0 aliphatic rings. The Morgan fingerprint density at radius 2 is 2.29 bits per heavy atom. The van der Waals surface area contributed by atoms with Crippen LogP contribution in [0.1, 0.15) is 5.69 Å². The summed E-state index contributed by atoms with van der Waals surface area (Å²) in [5.74, 6) is 0. The van der Waals surface area contributed by atoms with Gasteiger partial charge in [0.2, 0.25) is 0 Å². The van der Waals surface area contributed by atoms with Crippen LogP contribution in [0.5, 0.6) is 0 Å². The highest BCUT2D eigenvalue weighted by molar-refractivity contribution is 7.71. The highest BCUT2D eigenvalue weighted by Gasteiger charge is 2.02. The standard InChI is InChI=1S/C9H10N4S/c1-6-3-8(12-9(14)11-6)7-4-10-13(2)5-7/h3-5H,1-2H3,(H,11,12,14). The zero-order valence-corrected chi connectivity index (χ0v) is 8.80. The first-order valence-electron chi connectivity index (χ1n) is 4.22. The summed E-state index contributed by atoms with van der Waals surface area (Å²) in [5.41, 5.74) is 2.85. The number of nitrogens with zero attached hydrogens (tertiary/aromatic N) is 3. The lowest BCUT2D eigenvalue weighted by molar-refractivity contribution is 0.768. The van der Waals surface area contributed by atoms with Crippen LogP contribution < -0.4 is 0 Å². The van der Waals surface area contributed by atoms with Crippen molar-refractivity contribution in [1.82, 2.24) is 19.7 Å². The van der Waals surface area contributed by atoms with Crippen molar-refractivity contribution < 1.29 is 0 Å². The summed E-state index contributed by atoms with van der Waals surface area (Å²) in [6.45, 7) is 1.96. The fourth-order valence-corrected chi connectivity index (χ4v) is 1.54. The molecule has 0 atom stereocenters. The van der Waals surface area contributed by atoms with Crippen molar-refractivity contribution in [1.29, 1.82) is 0 Å². The van der Waals surface area contributed by atoms with Crippen LogP contribution >= 0.6 is 12.2 Å². The molecule has 14 heavy (non-hydrogen) atoms. The summed E-state index contributed by atoms with van der Waals surface area (Å²) >= 11 is 5.00. The molecule has 1 N–H and O–H groups in total. The number of rotatable bonds is 1. The highest BCUT2D eigenvalue weighted by Crippen LogP contribution is 2.15. The lowest BCUT2D eigenvalue weighted by atomic mass is 10.2. The average molecular weight is 206 g/mol. The molecular weight excluding hydrogens is 196 g/mol. The summed E-state index contributed by atoms with van der Waals surface area (Å²) in [6, 6.07) is 1.95. The molecule has 2 heterocycles. The van der Waals surface area contributed by atoms with Gasteiger partial charge in [0.1, 0.15) is 0 Å². The molecule has 0 saturated carbocycles. The summed E-state index contributed by atoms with van der Waals surface area (Å²) in [6.07, 6.45) is 3.69. The van der Waals surface area contributed by atoms with Crippen LogP contribution in [0.2, 0.25) is 0 Å². The topological polar surface area (TPSA) is 46.5 Å². The van der Waals surface area contributed by atoms with E-state index in [1.54, 1.807) is 10.9 Å². The molecule has 0 radical (unpaired) electrons. The minimum Gasteiger partial charge on any atom is -0.335 e. The molecule has 5 heteroatoms. The van der Waals surface area contributed by atoms with Crippen molar-refractivity contribution in [2.24, 2.45) is 7.05 Å². The first-order chi connectivity index (χ1) is 6.65. The second-order valence-electron chi connectivity index (χ2n) is 3.16. The van der Waals surface area contributed by atoms with Gasteiger partial charge in [0.05, 0.1) is 11.9 Å². The van der Waals surface area contributed by atoms with Crippen molar-refractivity contribution in [2.45, 2.75) is 6.92 Å². The maximum atomic E-state index is 5.00. The van der Waals surface area contributed by atoms with Gasteiger partial charge in [0.15, 0.2) is 4.77 Å². The summed E-state index contributed by atoms with van der Waals surface area (Å²) in [5, 5.41) is 4.08. The van der Waals surface area contributed by atoms with Gasteiger partial charge in [-0.15, -0.1) is 0 Å². The molecule has 72 valence electrons. The van der Waals surface area contributed by atoms with Crippen molar-refractivity contribution in [3.63, 3.8) is 0 Å². The molecule has 0 bridgehead atoms. The number of aromatic nitrogens is 4. The molecule has 0 aromatic carbocycles. The second-order valence-corrected chi connectivity index (χ2v) is 3.54. The Morgan fingerprint density at radius 1 is 1.50 bits per heavy atom. The van der Waals surface area contributed by atoms with Crippen molar-refractivity contribution in [3.05, 3.63) is 28.9 Å². The van der Waals surface area contributed by atoms with E-state index in [9.17, 15) is 0 Å².